The number of hydrogen-bond donors (Lipinski definition) is 1. The lowest BCUT2D eigenvalue weighted by atomic mass is 10.1. The fourth-order valence-corrected chi connectivity index (χ4v) is 2.83. The van der Waals surface area contributed by atoms with Gasteiger partial charge in [-0.05, 0) is 50.3 Å². The van der Waals surface area contributed by atoms with Crippen molar-refractivity contribution in [3.05, 3.63) is 70.0 Å². The number of aryl methyl sites for hydroxylation is 1. The van der Waals surface area contributed by atoms with Gasteiger partial charge in [0.1, 0.15) is 11.3 Å². The van der Waals surface area contributed by atoms with Crippen LogP contribution in [0.4, 0.5) is 0 Å². The van der Waals surface area contributed by atoms with Crippen molar-refractivity contribution in [2.45, 2.75) is 19.4 Å². The van der Waals surface area contributed by atoms with Gasteiger partial charge in [0.2, 0.25) is 0 Å². The predicted molar refractivity (Wildman–Crippen MR) is 99.3 cm³/mol. The molecular weight excluding hydrogens is 332 g/mol. The van der Waals surface area contributed by atoms with Gasteiger partial charge in [0.25, 0.3) is 5.91 Å². The molecule has 1 aromatic carbocycles. The van der Waals surface area contributed by atoms with E-state index >= 15 is 0 Å². The van der Waals surface area contributed by atoms with Gasteiger partial charge < -0.3 is 14.2 Å². The molecule has 0 radical (unpaired) electrons. The van der Waals surface area contributed by atoms with Crippen LogP contribution < -0.4 is 10.7 Å². The van der Waals surface area contributed by atoms with Crippen molar-refractivity contribution in [1.82, 2.24) is 10.2 Å². The van der Waals surface area contributed by atoms with E-state index in [1.165, 1.54) is 6.07 Å². The highest BCUT2D eigenvalue weighted by atomic mass is 16.3. The highest BCUT2D eigenvalue weighted by molar-refractivity contribution is 5.93. The largest absolute Gasteiger partial charge is 0.468 e. The van der Waals surface area contributed by atoms with Gasteiger partial charge in [0, 0.05) is 12.6 Å². The topological polar surface area (TPSA) is 75.7 Å². The maximum atomic E-state index is 12.5. The summed E-state index contributed by atoms with van der Waals surface area (Å²) < 4.78 is 11.1. The van der Waals surface area contributed by atoms with Crippen LogP contribution in [0.15, 0.2) is 56.3 Å². The molecule has 6 heteroatoms. The van der Waals surface area contributed by atoms with Crippen molar-refractivity contribution >= 4 is 16.9 Å². The first-order chi connectivity index (χ1) is 12.5. The van der Waals surface area contributed by atoms with Crippen LogP contribution in [-0.2, 0) is 6.42 Å². The van der Waals surface area contributed by atoms with Gasteiger partial charge in [-0.15, -0.1) is 0 Å². The lowest BCUT2D eigenvalue weighted by molar-refractivity contribution is 0.0912. The molecule has 136 valence electrons. The van der Waals surface area contributed by atoms with Gasteiger partial charge in [-0.3, -0.25) is 14.5 Å². The number of benzene rings is 1. The number of furan rings is 1. The molecule has 0 aliphatic rings. The number of carbonyl (C=O) groups is 1. The minimum atomic E-state index is -0.429. The summed E-state index contributed by atoms with van der Waals surface area (Å²) in [5.41, 5.74) is 1.24. The summed E-state index contributed by atoms with van der Waals surface area (Å²) in [7, 11) is 3.81. The minimum absolute atomic E-state index is 0.00343. The van der Waals surface area contributed by atoms with Crippen LogP contribution in [0.25, 0.3) is 11.0 Å². The van der Waals surface area contributed by atoms with E-state index in [-0.39, 0.29) is 17.2 Å². The molecule has 0 saturated heterocycles. The van der Waals surface area contributed by atoms with Crippen molar-refractivity contribution in [3.63, 3.8) is 0 Å². The molecule has 1 amide bonds. The van der Waals surface area contributed by atoms with Gasteiger partial charge in [-0.25, -0.2) is 0 Å². The Morgan fingerprint density at radius 2 is 2.04 bits per heavy atom. The van der Waals surface area contributed by atoms with E-state index in [4.69, 9.17) is 8.83 Å². The Balaban J connectivity index is 1.80. The molecule has 2 aromatic heterocycles. The summed E-state index contributed by atoms with van der Waals surface area (Å²) in [4.78, 5) is 26.8. The van der Waals surface area contributed by atoms with E-state index in [0.717, 1.165) is 17.7 Å². The summed E-state index contributed by atoms with van der Waals surface area (Å²) >= 11 is 0. The Morgan fingerprint density at radius 3 is 2.69 bits per heavy atom. The summed E-state index contributed by atoms with van der Waals surface area (Å²) in [5, 5.41) is 3.30. The first kappa shape index (κ1) is 17.9. The SMILES string of the molecule is CCc1ccc2oc(C(=O)NC[C@H](c3ccco3)N(C)C)cc(=O)c2c1. The Labute approximate surface area is 151 Å². The van der Waals surface area contributed by atoms with E-state index in [0.29, 0.717) is 17.5 Å². The van der Waals surface area contributed by atoms with Gasteiger partial charge >= 0.3 is 0 Å². The third-order valence-electron chi connectivity index (χ3n) is 4.37. The van der Waals surface area contributed by atoms with Crippen LogP contribution in [-0.4, -0.2) is 31.4 Å². The molecule has 1 N–H and O–H groups in total. The molecule has 3 aromatic rings. The van der Waals surface area contributed by atoms with Crippen LogP contribution >= 0.6 is 0 Å². The smallest absolute Gasteiger partial charge is 0.287 e. The van der Waals surface area contributed by atoms with Crippen LogP contribution in [0.2, 0.25) is 0 Å². The molecule has 0 bridgehead atoms. The van der Waals surface area contributed by atoms with Crippen LogP contribution in [0.5, 0.6) is 0 Å². The number of carbonyl (C=O) groups excluding carboxylic acids is 1. The number of nitrogens with one attached hydrogen (secondary N) is 1. The van der Waals surface area contributed by atoms with E-state index < -0.39 is 5.91 Å². The molecule has 0 fully saturated rings. The molecule has 0 unspecified atom stereocenters. The average molecular weight is 354 g/mol. The van der Waals surface area contributed by atoms with Crippen LogP contribution in [0.3, 0.4) is 0 Å². The zero-order chi connectivity index (χ0) is 18.7. The standard InChI is InChI=1S/C20H22N2O4/c1-4-13-7-8-17-14(10-13)16(23)11-19(26-17)20(24)21-12-15(22(2)3)18-6-5-9-25-18/h5-11,15H,4,12H2,1-3H3,(H,21,24)/t15-/m1/s1. The zero-order valence-corrected chi connectivity index (χ0v) is 15.1. The number of rotatable bonds is 6. The number of nitrogens with zero attached hydrogens (tertiary/aromatic N) is 1. The van der Waals surface area contributed by atoms with Crippen LogP contribution in [0.1, 0.15) is 34.8 Å². The monoisotopic (exact) mass is 354 g/mol. The number of fused-ring (bicyclic) bond motifs is 1. The molecule has 0 aliphatic heterocycles. The van der Waals surface area contributed by atoms with Gasteiger partial charge in [0.05, 0.1) is 17.7 Å². The molecule has 0 saturated carbocycles. The maximum absolute atomic E-state index is 12.5. The van der Waals surface area contributed by atoms with Crippen molar-refractivity contribution in [3.8, 4) is 0 Å². The number of likely N-dealkylation sites (N-methyl/N-ethyl adjacent to an activating group) is 1. The second-order valence-corrected chi connectivity index (χ2v) is 6.36. The number of amides is 1. The molecule has 26 heavy (non-hydrogen) atoms. The first-order valence-electron chi connectivity index (χ1n) is 8.54. The quantitative estimate of drug-likeness (QED) is 0.736. The minimum Gasteiger partial charge on any atom is -0.468 e. The van der Waals surface area contributed by atoms with Gasteiger partial charge in [-0.1, -0.05) is 13.0 Å². The zero-order valence-electron chi connectivity index (χ0n) is 15.1. The third kappa shape index (κ3) is 3.70. The summed E-state index contributed by atoms with van der Waals surface area (Å²) in [5.74, 6) is 0.327. The lowest BCUT2D eigenvalue weighted by Gasteiger charge is -2.22. The molecule has 0 aliphatic carbocycles. The Bertz CT molecular complexity index is 958. The van der Waals surface area contributed by atoms with Crippen molar-refractivity contribution < 1.29 is 13.6 Å². The molecule has 6 nitrogen and oxygen atoms in total. The van der Waals surface area contributed by atoms with E-state index in [1.54, 1.807) is 18.4 Å². The predicted octanol–water partition coefficient (Wildman–Crippen LogP) is 2.98. The van der Waals surface area contributed by atoms with E-state index in [2.05, 4.69) is 5.32 Å². The summed E-state index contributed by atoms with van der Waals surface area (Å²) in [6.07, 6.45) is 2.43. The highest BCUT2D eigenvalue weighted by Crippen LogP contribution is 2.18. The summed E-state index contributed by atoms with van der Waals surface area (Å²) in [6, 6.07) is 10.2. The first-order valence-corrected chi connectivity index (χ1v) is 8.54. The Kier molecular flexibility index (Phi) is 5.23. The Morgan fingerprint density at radius 1 is 1.23 bits per heavy atom. The van der Waals surface area contributed by atoms with E-state index in [1.807, 2.05) is 44.1 Å². The van der Waals surface area contributed by atoms with Crippen LogP contribution in [0, 0.1) is 0 Å². The van der Waals surface area contributed by atoms with Crippen molar-refractivity contribution in [2.24, 2.45) is 0 Å². The number of hydrogen-bond acceptors (Lipinski definition) is 5. The second kappa shape index (κ2) is 7.58. The summed E-state index contributed by atoms with van der Waals surface area (Å²) in [6.45, 7) is 2.35. The molecule has 0 spiro atoms. The van der Waals surface area contributed by atoms with Crippen molar-refractivity contribution in [2.75, 3.05) is 20.6 Å². The highest BCUT2D eigenvalue weighted by Gasteiger charge is 2.19. The fraction of sp³-hybridized carbons (Fsp3) is 0.300. The molecule has 3 rings (SSSR count). The van der Waals surface area contributed by atoms with Crippen molar-refractivity contribution in [1.29, 1.82) is 0 Å². The normalized spacial score (nSPS) is 12.5. The third-order valence-corrected chi connectivity index (χ3v) is 4.37. The Hall–Kier alpha value is -2.86. The lowest BCUT2D eigenvalue weighted by Crippen LogP contribution is -2.34. The average Bonchev–Trinajstić information content (AvgIpc) is 3.15. The molecular formula is C20H22N2O4. The van der Waals surface area contributed by atoms with E-state index in [9.17, 15) is 9.59 Å². The second-order valence-electron chi connectivity index (χ2n) is 6.36. The fourth-order valence-electron chi connectivity index (χ4n) is 2.83. The molecule has 1 atom stereocenters. The molecule has 2 heterocycles. The van der Waals surface area contributed by atoms with Gasteiger partial charge in [-0.2, -0.15) is 0 Å². The maximum Gasteiger partial charge on any atom is 0.287 e. The van der Waals surface area contributed by atoms with Gasteiger partial charge in [0.15, 0.2) is 11.2 Å².